The van der Waals surface area contributed by atoms with Gasteiger partial charge in [-0.05, 0) is 12.0 Å². The zero-order chi connectivity index (χ0) is 18.0. The van der Waals surface area contributed by atoms with Crippen LogP contribution in [-0.4, -0.2) is 55.5 Å². The molecular formula is C19H25N5O2. The van der Waals surface area contributed by atoms with Gasteiger partial charge in [0, 0.05) is 38.7 Å². The molecule has 1 saturated heterocycles. The van der Waals surface area contributed by atoms with Gasteiger partial charge in [0.2, 0.25) is 5.91 Å². The second-order valence-corrected chi connectivity index (χ2v) is 6.16. The van der Waals surface area contributed by atoms with Crippen LogP contribution in [0.15, 0.2) is 42.6 Å². The van der Waals surface area contributed by atoms with Crippen LogP contribution in [0, 0.1) is 0 Å². The van der Waals surface area contributed by atoms with E-state index in [9.17, 15) is 4.79 Å². The number of nitrogens with zero attached hydrogens (tertiary/aromatic N) is 3. The lowest BCUT2D eigenvalue weighted by atomic mass is 10.1. The molecule has 1 aliphatic rings. The molecule has 1 fully saturated rings. The third-order valence-electron chi connectivity index (χ3n) is 4.25. The summed E-state index contributed by atoms with van der Waals surface area (Å²) < 4.78 is 5.37. The smallest absolute Gasteiger partial charge is 0.220 e. The van der Waals surface area contributed by atoms with Crippen molar-refractivity contribution in [1.29, 1.82) is 0 Å². The summed E-state index contributed by atoms with van der Waals surface area (Å²) in [6, 6.07) is 12.0. The van der Waals surface area contributed by atoms with Gasteiger partial charge in [0.05, 0.1) is 25.1 Å². The Bertz CT molecular complexity index is 689. The van der Waals surface area contributed by atoms with Crippen LogP contribution in [0.25, 0.3) is 0 Å². The Kier molecular flexibility index (Phi) is 6.78. The van der Waals surface area contributed by atoms with Crippen LogP contribution < -0.4 is 15.5 Å². The molecule has 26 heavy (non-hydrogen) atoms. The number of aromatic nitrogens is 2. The molecule has 7 nitrogen and oxygen atoms in total. The van der Waals surface area contributed by atoms with Crippen LogP contribution in [0.5, 0.6) is 0 Å². The Morgan fingerprint density at radius 1 is 1.15 bits per heavy atom. The van der Waals surface area contributed by atoms with E-state index < -0.39 is 0 Å². The number of amides is 1. The van der Waals surface area contributed by atoms with Crippen molar-refractivity contribution in [1.82, 2.24) is 15.5 Å². The first-order valence-electron chi connectivity index (χ1n) is 9.01. The van der Waals surface area contributed by atoms with Gasteiger partial charge in [-0.25, -0.2) is 0 Å². The van der Waals surface area contributed by atoms with Crippen LogP contribution in [0.2, 0.25) is 0 Å². The Morgan fingerprint density at radius 3 is 2.77 bits per heavy atom. The van der Waals surface area contributed by atoms with Crippen LogP contribution in [0.3, 0.4) is 0 Å². The van der Waals surface area contributed by atoms with Crippen LogP contribution in [0.1, 0.15) is 12.0 Å². The summed E-state index contributed by atoms with van der Waals surface area (Å²) >= 11 is 0. The molecule has 2 N–H and O–H groups in total. The zero-order valence-corrected chi connectivity index (χ0v) is 14.9. The predicted octanol–water partition coefficient (Wildman–Crippen LogP) is 1.47. The van der Waals surface area contributed by atoms with Gasteiger partial charge in [-0.15, -0.1) is 5.10 Å². The lowest BCUT2D eigenvalue weighted by Gasteiger charge is -2.28. The molecule has 0 unspecified atom stereocenters. The van der Waals surface area contributed by atoms with Crippen molar-refractivity contribution in [3.8, 4) is 0 Å². The summed E-state index contributed by atoms with van der Waals surface area (Å²) in [5.41, 5.74) is 2.22. The van der Waals surface area contributed by atoms with Crippen molar-refractivity contribution in [3.05, 3.63) is 48.2 Å². The quantitative estimate of drug-likeness (QED) is 0.698. The van der Waals surface area contributed by atoms with Crippen molar-refractivity contribution < 1.29 is 9.53 Å². The molecule has 0 bridgehead atoms. The topological polar surface area (TPSA) is 79.4 Å². The fourth-order valence-corrected chi connectivity index (χ4v) is 2.82. The van der Waals surface area contributed by atoms with Gasteiger partial charge in [0.1, 0.15) is 0 Å². The maximum Gasteiger partial charge on any atom is 0.220 e. The molecule has 0 saturated carbocycles. The summed E-state index contributed by atoms with van der Waals surface area (Å²) in [4.78, 5) is 14.1. The highest BCUT2D eigenvalue weighted by atomic mass is 16.5. The zero-order valence-electron chi connectivity index (χ0n) is 14.9. The van der Waals surface area contributed by atoms with Crippen molar-refractivity contribution in [2.75, 3.05) is 49.6 Å². The van der Waals surface area contributed by atoms with Crippen LogP contribution >= 0.6 is 0 Å². The molecule has 138 valence electrons. The Balaban J connectivity index is 1.36. The number of hydrogen-bond donors (Lipinski definition) is 2. The largest absolute Gasteiger partial charge is 0.378 e. The summed E-state index contributed by atoms with van der Waals surface area (Å²) in [6.45, 7) is 4.36. The monoisotopic (exact) mass is 355 g/mol. The molecule has 1 aromatic carbocycles. The van der Waals surface area contributed by atoms with Crippen molar-refractivity contribution in [3.63, 3.8) is 0 Å². The van der Waals surface area contributed by atoms with Crippen molar-refractivity contribution in [2.45, 2.75) is 12.8 Å². The number of carbonyl (C=O) groups is 1. The average molecular weight is 355 g/mol. The van der Waals surface area contributed by atoms with Gasteiger partial charge >= 0.3 is 0 Å². The SMILES string of the molecule is O=C(CCc1ccccc1)NCCNc1cc(N2CCOCC2)cnn1. The highest BCUT2D eigenvalue weighted by molar-refractivity contribution is 5.76. The number of morpholine rings is 1. The fourth-order valence-electron chi connectivity index (χ4n) is 2.82. The molecule has 1 amide bonds. The second-order valence-electron chi connectivity index (χ2n) is 6.16. The summed E-state index contributed by atoms with van der Waals surface area (Å²) in [5.74, 6) is 0.774. The van der Waals surface area contributed by atoms with Gasteiger partial charge in [-0.3, -0.25) is 4.79 Å². The average Bonchev–Trinajstić information content (AvgIpc) is 2.71. The van der Waals surface area contributed by atoms with E-state index in [1.54, 1.807) is 6.20 Å². The van der Waals surface area contributed by atoms with E-state index in [1.165, 1.54) is 5.56 Å². The molecule has 3 rings (SSSR count). The van der Waals surface area contributed by atoms with Crippen molar-refractivity contribution in [2.24, 2.45) is 0 Å². The lowest BCUT2D eigenvalue weighted by molar-refractivity contribution is -0.120. The Morgan fingerprint density at radius 2 is 1.96 bits per heavy atom. The van der Waals surface area contributed by atoms with E-state index in [4.69, 9.17) is 4.74 Å². The number of carbonyl (C=O) groups excluding carboxylic acids is 1. The van der Waals surface area contributed by atoms with E-state index in [-0.39, 0.29) is 5.91 Å². The first-order valence-corrected chi connectivity index (χ1v) is 9.01. The van der Waals surface area contributed by atoms with Crippen LogP contribution in [0.4, 0.5) is 11.5 Å². The molecule has 0 radical (unpaired) electrons. The Hall–Kier alpha value is -2.67. The maximum atomic E-state index is 11.9. The number of anilines is 2. The molecule has 0 atom stereocenters. The molecule has 1 aromatic heterocycles. The first kappa shape index (κ1) is 18.1. The standard InChI is InChI=1S/C19H25N5O2/c25-19(7-6-16-4-2-1-3-5-16)21-9-8-20-18-14-17(15-22-23-18)24-10-12-26-13-11-24/h1-5,14-15H,6-13H2,(H,20,23)(H,21,25). The van der Waals surface area contributed by atoms with Gasteiger partial charge in [0.15, 0.2) is 5.82 Å². The van der Waals surface area contributed by atoms with Crippen LogP contribution in [-0.2, 0) is 16.0 Å². The van der Waals surface area contributed by atoms with Gasteiger partial charge < -0.3 is 20.3 Å². The molecule has 1 aliphatic heterocycles. The second kappa shape index (κ2) is 9.72. The highest BCUT2D eigenvalue weighted by Gasteiger charge is 2.12. The molecular weight excluding hydrogens is 330 g/mol. The number of hydrogen-bond acceptors (Lipinski definition) is 6. The highest BCUT2D eigenvalue weighted by Crippen LogP contribution is 2.16. The van der Waals surface area contributed by atoms with E-state index in [0.717, 1.165) is 38.4 Å². The fraction of sp³-hybridized carbons (Fsp3) is 0.421. The first-order chi connectivity index (χ1) is 12.8. The van der Waals surface area contributed by atoms with Gasteiger partial charge in [0.25, 0.3) is 0 Å². The third kappa shape index (κ3) is 5.70. The number of rotatable bonds is 8. The minimum atomic E-state index is 0.0591. The van der Waals surface area contributed by atoms with Gasteiger partial charge in [-0.1, -0.05) is 30.3 Å². The maximum absolute atomic E-state index is 11.9. The van der Waals surface area contributed by atoms with E-state index in [0.29, 0.717) is 25.3 Å². The molecule has 0 aliphatic carbocycles. The molecule has 0 spiro atoms. The summed E-state index contributed by atoms with van der Waals surface area (Å²) in [5, 5.41) is 14.3. The number of ether oxygens (including phenoxy) is 1. The third-order valence-corrected chi connectivity index (χ3v) is 4.25. The Labute approximate surface area is 153 Å². The van der Waals surface area contributed by atoms with Gasteiger partial charge in [-0.2, -0.15) is 5.10 Å². The lowest BCUT2D eigenvalue weighted by Crippen LogP contribution is -2.36. The molecule has 7 heteroatoms. The normalized spacial score (nSPS) is 14.1. The number of aryl methyl sites for hydroxylation is 1. The predicted molar refractivity (Wildman–Crippen MR) is 101 cm³/mol. The number of nitrogens with one attached hydrogen (secondary N) is 2. The van der Waals surface area contributed by atoms with E-state index in [1.807, 2.05) is 36.4 Å². The van der Waals surface area contributed by atoms with Crippen molar-refractivity contribution >= 4 is 17.4 Å². The minimum Gasteiger partial charge on any atom is -0.378 e. The summed E-state index contributed by atoms with van der Waals surface area (Å²) in [7, 11) is 0. The summed E-state index contributed by atoms with van der Waals surface area (Å²) in [6.07, 6.45) is 3.02. The molecule has 2 aromatic rings. The van der Waals surface area contributed by atoms with E-state index in [2.05, 4.69) is 25.7 Å². The van der Waals surface area contributed by atoms with E-state index >= 15 is 0 Å². The number of benzene rings is 1. The minimum absolute atomic E-state index is 0.0591. The molecule has 2 heterocycles.